The summed E-state index contributed by atoms with van der Waals surface area (Å²) in [4.78, 5) is 23.0. The predicted octanol–water partition coefficient (Wildman–Crippen LogP) is 2.15. The smallest absolute Gasteiger partial charge is 0.266 e. The maximum atomic E-state index is 12.4. The summed E-state index contributed by atoms with van der Waals surface area (Å²) in [6.07, 6.45) is 0. The number of benzene rings is 1. The van der Waals surface area contributed by atoms with Gasteiger partial charge in [-0.15, -0.1) is 11.3 Å². The van der Waals surface area contributed by atoms with Crippen LogP contribution in [0.5, 0.6) is 0 Å². The number of carbonyl (C=O) groups excluding carboxylic acids is 2. The second kappa shape index (κ2) is 4.97. The molecule has 0 aliphatic carbocycles. The first-order valence-corrected chi connectivity index (χ1v) is 5.83. The molecule has 6 heteroatoms. The highest BCUT2D eigenvalue weighted by Gasteiger charge is 2.12. The number of halogens is 1. The number of fused-ring (bicyclic) bond motifs is 1. The molecule has 0 fully saturated rings. The Balaban J connectivity index is 2.09. The van der Waals surface area contributed by atoms with E-state index in [9.17, 15) is 14.0 Å². The first kappa shape index (κ1) is 12.3. The third kappa shape index (κ3) is 2.54. The van der Waals surface area contributed by atoms with Crippen molar-refractivity contribution in [2.75, 3.05) is 0 Å². The molecule has 2 amide bonds. The van der Waals surface area contributed by atoms with Gasteiger partial charge in [0, 0.05) is 4.70 Å². The van der Waals surface area contributed by atoms with Gasteiger partial charge < -0.3 is 0 Å². The molecule has 2 N–H and O–H groups in total. The molecule has 1 heterocycles. The van der Waals surface area contributed by atoms with Gasteiger partial charge >= 0.3 is 0 Å². The molecule has 0 radical (unpaired) electrons. The summed E-state index contributed by atoms with van der Waals surface area (Å²) in [5.41, 5.74) is 4.03. The van der Waals surface area contributed by atoms with Crippen molar-refractivity contribution in [1.29, 1.82) is 0 Å². The van der Waals surface area contributed by atoms with Crippen LogP contribution in [0.25, 0.3) is 10.1 Å². The maximum absolute atomic E-state index is 12.4. The third-order valence-electron chi connectivity index (χ3n) is 2.19. The van der Waals surface area contributed by atoms with Crippen LogP contribution in [0.1, 0.15) is 9.67 Å². The van der Waals surface area contributed by atoms with Crippen molar-refractivity contribution in [2.24, 2.45) is 0 Å². The molecule has 92 valence electrons. The molecular formula is C12H9FN2O2S. The van der Waals surface area contributed by atoms with Gasteiger partial charge in [0.25, 0.3) is 11.8 Å². The first-order valence-electron chi connectivity index (χ1n) is 5.01. The van der Waals surface area contributed by atoms with E-state index in [1.807, 2.05) is 29.7 Å². The number of hydrogen-bond donors (Lipinski definition) is 2. The zero-order valence-corrected chi connectivity index (χ0v) is 10.0. The van der Waals surface area contributed by atoms with Gasteiger partial charge in [-0.2, -0.15) is 0 Å². The van der Waals surface area contributed by atoms with E-state index in [0.717, 1.165) is 10.1 Å². The van der Waals surface area contributed by atoms with Gasteiger partial charge in [-0.05, 0) is 17.5 Å². The summed E-state index contributed by atoms with van der Waals surface area (Å²) < 4.78 is 13.3. The van der Waals surface area contributed by atoms with E-state index in [4.69, 9.17) is 0 Å². The van der Waals surface area contributed by atoms with Crippen LogP contribution in [-0.2, 0) is 4.79 Å². The van der Waals surface area contributed by atoms with Crippen LogP contribution in [0, 0.1) is 0 Å². The average molecular weight is 264 g/mol. The number of rotatable bonds is 2. The summed E-state index contributed by atoms with van der Waals surface area (Å²) in [6, 6.07) is 9.20. The highest BCUT2D eigenvalue weighted by atomic mass is 32.1. The lowest BCUT2D eigenvalue weighted by molar-refractivity contribution is -0.119. The number of hydrogen-bond acceptors (Lipinski definition) is 3. The molecule has 18 heavy (non-hydrogen) atoms. The van der Waals surface area contributed by atoms with Crippen molar-refractivity contribution in [1.82, 2.24) is 10.9 Å². The molecule has 0 bridgehead atoms. The second-order valence-electron chi connectivity index (χ2n) is 3.46. The number of hydrazine groups is 1. The Morgan fingerprint density at radius 1 is 1.22 bits per heavy atom. The molecule has 0 atom stereocenters. The molecule has 1 aromatic heterocycles. The van der Waals surface area contributed by atoms with Crippen LogP contribution in [0.15, 0.2) is 42.7 Å². The minimum absolute atomic E-state index is 0.431. The van der Waals surface area contributed by atoms with Crippen LogP contribution < -0.4 is 10.9 Å². The number of thiophene rings is 1. The summed E-state index contributed by atoms with van der Waals surface area (Å²) in [7, 11) is 0. The minimum Gasteiger partial charge on any atom is -0.266 e. The Bertz CT molecular complexity index is 603. The second-order valence-corrected chi connectivity index (χ2v) is 4.55. The van der Waals surface area contributed by atoms with Crippen LogP contribution >= 0.6 is 11.3 Å². The topological polar surface area (TPSA) is 58.2 Å². The number of amides is 2. The Morgan fingerprint density at radius 2 is 1.94 bits per heavy atom. The fraction of sp³-hybridized carbons (Fsp3) is 0. The Hall–Kier alpha value is -2.21. The fourth-order valence-corrected chi connectivity index (χ4v) is 2.29. The van der Waals surface area contributed by atoms with Crippen molar-refractivity contribution < 1.29 is 14.0 Å². The van der Waals surface area contributed by atoms with Gasteiger partial charge in [0.05, 0.1) is 4.88 Å². The van der Waals surface area contributed by atoms with Crippen LogP contribution in [0.2, 0.25) is 0 Å². The molecule has 0 saturated carbocycles. The molecule has 2 aromatic rings. The lowest BCUT2D eigenvalue weighted by Crippen LogP contribution is -2.41. The average Bonchev–Trinajstić information content (AvgIpc) is 2.79. The van der Waals surface area contributed by atoms with Gasteiger partial charge in [-0.1, -0.05) is 24.8 Å². The van der Waals surface area contributed by atoms with Gasteiger partial charge in [0.1, 0.15) is 0 Å². The fourth-order valence-electron chi connectivity index (χ4n) is 1.34. The van der Waals surface area contributed by atoms with Crippen molar-refractivity contribution >= 4 is 33.2 Å². The summed E-state index contributed by atoms with van der Waals surface area (Å²) in [6.45, 7) is 2.81. The largest absolute Gasteiger partial charge is 0.297 e. The molecule has 0 aliphatic heterocycles. The maximum Gasteiger partial charge on any atom is 0.297 e. The number of nitrogens with one attached hydrogen (secondary N) is 2. The zero-order valence-electron chi connectivity index (χ0n) is 9.20. The number of carbonyl (C=O) groups is 2. The highest BCUT2D eigenvalue weighted by Crippen LogP contribution is 2.24. The highest BCUT2D eigenvalue weighted by molar-refractivity contribution is 7.20. The Morgan fingerprint density at radius 3 is 2.61 bits per heavy atom. The summed E-state index contributed by atoms with van der Waals surface area (Å²) in [5.74, 6) is -2.72. The van der Waals surface area contributed by atoms with E-state index in [-0.39, 0.29) is 0 Å². The van der Waals surface area contributed by atoms with E-state index >= 15 is 0 Å². The monoisotopic (exact) mass is 264 g/mol. The van der Waals surface area contributed by atoms with Gasteiger partial charge in [0.15, 0.2) is 5.83 Å². The predicted molar refractivity (Wildman–Crippen MR) is 67.7 cm³/mol. The quantitative estimate of drug-likeness (QED) is 0.645. The molecule has 0 saturated heterocycles. The van der Waals surface area contributed by atoms with E-state index in [2.05, 4.69) is 12.0 Å². The molecular weight excluding hydrogens is 255 g/mol. The minimum atomic E-state index is -1.16. The van der Waals surface area contributed by atoms with Gasteiger partial charge in [-0.3, -0.25) is 20.4 Å². The lowest BCUT2D eigenvalue weighted by atomic mass is 10.2. The van der Waals surface area contributed by atoms with E-state index in [0.29, 0.717) is 4.88 Å². The van der Waals surface area contributed by atoms with Crippen molar-refractivity contribution in [3.05, 3.63) is 47.6 Å². The van der Waals surface area contributed by atoms with E-state index in [1.54, 1.807) is 6.07 Å². The Kier molecular flexibility index (Phi) is 3.38. The standard InChI is InChI=1S/C12H9FN2O2S/c1-7(13)11(16)14-15-12(17)10-6-8-4-2-3-5-9(8)18-10/h2-6H,1H2,(H,14,16)(H,15,17). The van der Waals surface area contributed by atoms with Crippen LogP contribution in [0.4, 0.5) is 4.39 Å². The van der Waals surface area contributed by atoms with Crippen LogP contribution in [-0.4, -0.2) is 11.8 Å². The third-order valence-corrected chi connectivity index (χ3v) is 3.30. The summed E-state index contributed by atoms with van der Waals surface area (Å²) >= 11 is 1.29. The van der Waals surface area contributed by atoms with E-state index < -0.39 is 17.6 Å². The molecule has 1 aromatic carbocycles. The van der Waals surface area contributed by atoms with Crippen molar-refractivity contribution in [2.45, 2.75) is 0 Å². The van der Waals surface area contributed by atoms with Crippen molar-refractivity contribution in [3.8, 4) is 0 Å². The van der Waals surface area contributed by atoms with Gasteiger partial charge in [0.2, 0.25) is 0 Å². The van der Waals surface area contributed by atoms with Crippen LogP contribution in [0.3, 0.4) is 0 Å². The zero-order chi connectivity index (χ0) is 13.1. The van der Waals surface area contributed by atoms with Crippen molar-refractivity contribution in [3.63, 3.8) is 0 Å². The molecule has 2 rings (SSSR count). The normalized spacial score (nSPS) is 10.1. The summed E-state index contributed by atoms with van der Waals surface area (Å²) in [5, 5.41) is 0.939. The molecule has 0 spiro atoms. The van der Waals surface area contributed by atoms with Gasteiger partial charge in [-0.25, -0.2) is 4.39 Å². The van der Waals surface area contributed by atoms with E-state index in [1.165, 1.54) is 11.3 Å². The molecule has 0 unspecified atom stereocenters. The SMILES string of the molecule is C=C(F)C(=O)NNC(=O)c1cc2ccccc2s1. The lowest BCUT2D eigenvalue weighted by Gasteiger charge is -2.03. The molecule has 4 nitrogen and oxygen atoms in total. The molecule has 0 aliphatic rings. The first-order chi connectivity index (χ1) is 8.58. The Labute approximate surface area is 106 Å².